The molecule has 0 aliphatic carbocycles. The highest BCUT2D eigenvalue weighted by atomic mass is 31.1. The van der Waals surface area contributed by atoms with E-state index in [0.29, 0.717) is 0 Å². The van der Waals surface area contributed by atoms with Crippen LogP contribution in [-0.4, -0.2) is 15.3 Å². The molecule has 0 fully saturated rings. The maximum absolute atomic E-state index is 5.32. The van der Waals surface area contributed by atoms with Gasteiger partial charge in [0.25, 0.3) is 0 Å². The van der Waals surface area contributed by atoms with Gasteiger partial charge < -0.3 is 8.86 Å². The molecule has 0 saturated carbocycles. The van der Waals surface area contributed by atoms with Gasteiger partial charge >= 0.3 is 0 Å². The van der Waals surface area contributed by atoms with E-state index in [-0.39, 0.29) is 0 Å². The van der Waals surface area contributed by atoms with Gasteiger partial charge in [0.1, 0.15) is 5.75 Å². The second-order valence-electron chi connectivity index (χ2n) is 4.25. The first kappa shape index (κ1) is 14.6. The second-order valence-corrected chi connectivity index (χ2v) is 6.97. The van der Waals surface area contributed by atoms with Crippen LogP contribution >= 0.6 is 37.6 Å². The lowest BCUT2D eigenvalue weighted by Gasteiger charge is -2.10. The summed E-state index contributed by atoms with van der Waals surface area (Å²) in [4.78, 5) is 0. The maximum atomic E-state index is 5.32. The third-order valence-electron chi connectivity index (χ3n) is 3.05. The van der Waals surface area contributed by atoms with Gasteiger partial charge in [0.15, 0.2) is 0 Å². The summed E-state index contributed by atoms with van der Waals surface area (Å²) in [5.74, 6) is 0.915. The van der Waals surface area contributed by atoms with Crippen LogP contribution in [0.15, 0.2) is 18.3 Å². The maximum Gasteiger partial charge on any atom is 0.126 e. The highest BCUT2D eigenvalue weighted by molar-refractivity contribution is 7.30. The molecule has 0 aliphatic rings. The third kappa shape index (κ3) is 2.87. The average Bonchev–Trinajstić information content (AvgIpc) is 2.65. The molecule has 1 heterocycles. The molecule has 0 aliphatic heterocycles. The smallest absolute Gasteiger partial charge is 0.126 e. The molecular weight excluding hydrogens is 300 g/mol. The van der Waals surface area contributed by atoms with Gasteiger partial charge in [0, 0.05) is 23.7 Å². The van der Waals surface area contributed by atoms with E-state index in [1.165, 1.54) is 22.0 Å². The lowest BCUT2D eigenvalue weighted by Crippen LogP contribution is -2.02. The van der Waals surface area contributed by atoms with Crippen molar-refractivity contribution >= 4 is 48.5 Å². The van der Waals surface area contributed by atoms with Crippen LogP contribution in [0.2, 0.25) is 0 Å². The quantitative estimate of drug-likeness (QED) is 0.806. The SMILES string of the molecule is Cc1c(OP)ccc2c1c(CCN(P)P)cn2P. The number of aryl methyl sites for hydroxylation is 1. The standard InChI is InChI=1S/C11H18N2OP4/c1-7-10(14-18)3-2-9-11(7)8(6-12(9)15)4-5-13(16)17/h2-3,6H,4-5,15-18H2,1H3. The molecule has 4 atom stereocenters. The van der Waals surface area contributed by atoms with Crippen molar-refractivity contribution in [2.24, 2.45) is 0 Å². The van der Waals surface area contributed by atoms with E-state index in [1.54, 1.807) is 0 Å². The predicted molar refractivity (Wildman–Crippen MR) is 92.0 cm³/mol. The normalized spacial score (nSPS) is 11.4. The molecule has 7 heteroatoms. The molecule has 18 heavy (non-hydrogen) atoms. The number of fused-ring (bicyclic) bond motifs is 1. The molecule has 1 aromatic heterocycles. The Hall–Kier alpha value is 0.240. The van der Waals surface area contributed by atoms with Crippen LogP contribution < -0.4 is 4.52 Å². The van der Waals surface area contributed by atoms with Gasteiger partial charge in [-0.2, -0.15) is 0 Å². The van der Waals surface area contributed by atoms with Crippen LogP contribution in [0, 0.1) is 6.92 Å². The molecule has 4 unspecified atom stereocenters. The Morgan fingerprint density at radius 2 is 2.06 bits per heavy atom. The van der Waals surface area contributed by atoms with Crippen molar-refractivity contribution in [2.45, 2.75) is 13.3 Å². The lowest BCUT2D eigenvalue weighted by atomic mass is 10.0. The number of nitrogens with zero attached hydrogens (tertiary/aromatic N) is 2. The summed E-state index contributed by atoms with van der Waals surface area (Å²) in [5.41, 5.74) is 3.76. The zero-order chi connectivity index (χ0) is 13.3. The zero-order valence-corrected chi connectivity index (χ0v) is 14.9. The Morgan fingerprint density at radius 1 is 1.33 bits per heavy atom. The highest BCUT2D eigenvalue weighted by Gasteiger charge is 2.12. The number of rotatable bonds is 4. The molecule has 0 radical (unpaired) electrons. The van der Waals surface area contributed by atoms with Crippen molar-refractivity contribution in [3.8, 4) is 5.75 Å². The first-order valence-electron chi connectivity index (χ1n) is 5.57. The van der Waals surface area contributed by atoms with Crippen molar-refractivity contribution in [2.75, 3.05) is 6.54 Å². The Kier molecular flexibility index (Phi) is 4.99. The number of aromatic nitrogens is 1. The van der Waals surface area contributed by atoms with Crippen molar-refractivity contribution in [3.63, 3.8) is 0 Å². The van der Waals surface area contributed by atoms with E-state index in [9.17, 15) is 0 Å². The zero-order valence-electron chi connectivity index (χ0n) is 10.3. The Bertz CT molecular complexity index is 568. The summed E-state index contributed by atoms with van der Waals surface area (Å²) in [5, 5.41) is 1.29. The fourth-order valence-corrected chi connectivity index (χ4v) is 3.08. The number of hydrogen-bond donors (Lipinski definition) is 0. The highest BCUT2D eigenvalue weighted by Crippen LogP contribution is 2.33. The molecule has 0 bridgehead atoms. The third-order valence-corrected chi connectivity index (χ3v) is 4.25. The molecule has 0 spiro atoms. The second kappa shape index (κ2) is 6.13. The number of hydrogen-bond acceptors (Lipinski definition) is 2. The van der Waals surface area contributed by atoms with Crippen LogP contribution in [0.1, 0.15) is 11.1 Å². The minimum Gasteiger partial charge on any atom is -0.480 e. The largest absolute Gasteiger partial charge is 0.480 e. The van der Waals surface area contributed by atoms with Crippen LogP contribution in [0.5, 0.6) is 5.75 Å². The Balaban J connectivity index is 2.52. The van der Waals surface area contributed by atoms with Crippen molar-refractivity contribution < 1.29 is 4.52 Å². The molecule has 1 aromatic carbocycles. The average molecular weight is 318 g/mol. The molecule has 98 valence electrons. The van der Waals surface area contributed by atoms with Crippen molar-refractivity contribution in [1.29, 1.82) is 0 Å². The summed E-state index contributed by atoms with van der Waals surface area (Å²) in [6.07, 6.45) is 3.18. The molecule has 2 rings (SSSR count). The Labute approximate surface area is 117 Å². The predicted octanol–water partition coefficient (Wildman–Crippen LogP) is 3.18. The van der Waals surface area contributed by atoms with Gasteiger partial charge in [-0.05, 0) is 40.4 Å². The van der Waals surface area contributed by atoms with E-state index in [4.69, 9.17) is 4.52 Å². The van der Waals surface area contributed by atoms with Gasteiger partial charge in [-0.3, -0.25) is 4.44 Å². The van der Waals surface area contributed by atoms with Gasteiger partial charge in [-0.1, -0.05) is 18.8 Å². The van der Waals surface area contributed by atoms with Crippen LogP contribution in [0.3, 0.4) is 0 Å². The fourth-order valence-electron chi connectivity index (χ4n) is 2.17. The Morgan fingerprint density at radius 3 is 2.67 bits per heavy atom. The molecule has 0 N–H and O–H groups in total. The van der Waals surface area contributed by atoms with Crippen LogP contribution in [0.25, 0.3) is 10.9 Å². The van der Waals surface area contributed by atoms with E-state index in [0.717, 1.165) is 18.7 Å². The summed E-state index contributed by atoms with van der Waals surface area (Å²) >= 11 is 0. The summed E-state index contributed by atoms with van der Waals surface area (Å²) in [7, 11) is 10.4. The molecule has 3 nitrogen and oxygen atoms in total. The summed E-state index contributed by atoms with van der Waals surface area (Å²) in [6, 6.07) is 4.10. The van der Waals surface area contributed by atoms with Gasteiger partial charge in [-0.15, -0.1) is 0 Å². The monoisotopic (exact) mass is 318 g/mol. The van der Waals surface area contributed by atoms with Crippen molar-refractivity contribution in [3.05, 3.63) is 29.5 Å². The molecule has 0 saturated heterocycles. The molecule has 2 aromatic rings. The summed E-state index contributed by atoms with van der Waals surface area (Å²) in [6.45, 7) is 3.08. The fraction of sp³-hybridized carbons (Fsp3) is 0.273. The van der Waals surface area contributed by atoms with Crippen molar-refractivity contribution in [1.82, 2.24) is 8.78 Å². The first-order chi connectivity index (χ1) is 8.54. The van der Waals surface area contributed by atoms with E-state index >= 15 is 0 Å². The molecular formula is C11H18N2OP4. The van der Waals surface area contributed by atoms with Crippen LogP contribution in [0.4, 0.5) is 0 Å². The van der Waals surface area contributed by atoms with E-state index < -0.39 is 0 Å². The van der Waals surface area contributed by atoms with E-state index in [1.807, 2.05) is 10.5 Å². The number of benzene rings is 1. The van der Waals surface area contributed by atoms with Crippen LogP contribution in [-0.2, 0) is 6.42 Å². The van der Waals surface area contributed by atoms with E-state index in [2.05, 4.69) is 61.2 Å². The minimum atomic E-state index is 0.915. The first-order valence-corrected chi connectivity index (χ1v) is 7.59. The topological polar surface area (TPSA) is 17.4 Å². The van der Waals surface area contributed by atoms with Gasteiger partial charge in [0.2, 0.25) is 0 Å². The lowest BCUT2D eigenvalue weighted by molar-refractivity contribution is 0.641. The minimum absolute atomic E-state index is 0.915. The van der Waals surface area contributed by atoms with Gasteiger partial charge in [-0.25, -0.2) is 0 Å². The summed E-state index contributed by atoms with van der Waals surface area (Å²) < 4.78 is 9.46. The van der Waals surface area contributed by atoms with Gasteiger partial charge in [0.05, 0.1) is 15.0 Å². The molecule has 0 amide bonds.